The van der Waals surface area contributed by atoms with Gasteiger partial charge in [0.1, 0.15) is 5.69 Å². The van der Waals surface area contributed by atoms with E-state index in [9.17, 15) is 4.79 Å². The number of aromatic nitrogens is 3. The molecule has 7 heteroatoms. The summed E-state index contributed by atoms with van der Waals surface area (Å²) in [6, 6.07) is 5.47. The van der Waals surface area contributed by atoms with E-state index in [0.29, 0.717) is 23.1 Å². The number of aryl methyl sites for hydroxylation is 2. The van der Waals surface area contributed by atoms with Crippen LogP contribution in [0.5, 0.6) is 0 Å². The van der Waals surface area contributed by atoms with Crippen LogP contribution in [-0.4, -0.2) is 32.8 Å². The van der Waals surface area contributed by atoms with Crippen molar-refractivity contribution in [1.82, 2.24) is 19.9 Å². The Balaban J connectivity index is 1.95. The van der Waals surface area contributed by atoms with Gasteiger partial charge in [-0.3, -0.25) is 9.48 Å². The lowest BCUT2D eigenvalue weighted by Gasteiger charge is -2.11. The number of halogens is 2. The van der Waals surface area contributed by atoms with Gasteiger partial charge in [0.05, 0.1) is 12.7 Å². The van der Waals surface area contributed by atoms with Crippen molar-refractivity contribution >= 4 is 29.1 Å². The molecule has 2 aromatic rings. The van der Waals surface area contributed by atoms with Crippen LogP contribution in [0.15, 0.2) is 24.4 Å². The third kappa shape index (κ3) is 4.72. The Hall–Kier alpha value is -1.59. The van der Waals surface area contributed by atoms with Crippen molar-refractivity contribution in [1.29, 1.82) is 0 Å². The molecule has 0 aliphatic carbocycles. The fourth-order valence-corrected chi connectivity index (χ4v) is 2.44. The fourth-order valence-electron chi connectivity index (χ4n) is 1.87. The first kappa shape index (κ1) is 15.8. The second-order valence-corrected chi connectivity index (χ2v) is 5.75. The first-order valence-electron chi connectivity index (χ1n) is 6.50. The molecule has 21 heavy (non-hydrogen) atoms. The smallest absolute Gasteiger partial charge is 0.219 e. The maximum Gasteiger partial charge on any atom is 0.219 e. The third-order valence-corrected chi connectivity index (χ3v) is 3.51. The van der Waals surface area contributed by atoms with E-state index in [0.717, 1.165) is 17.7 Å². The number of carbonyl (C=O) groups excluding carboxylic acids is 1. The van der Waals surface area contributed by atoms with E-state index < -0.39 is 0 Å². The van der Waals surface area contributed by atoms with E-state index in [4.69, 9.17) is 23.2 Å². The predicted molar refractivity (Wildman–Crippen MR) is 82.3 cm³/mol. The zero-order chi connectivity index (χ0) is 15.4. The first-order valence-corrected chi connectivity index (χ1v) is 7.25. The summed E-state index contributed by atoms with van der Waals surface area (Å²) in [6.07, 6.45) is 2.59. The van der Waals surface area contributed by atoms with Crippen LogP contribution >= 0.6 is 23.2 Å². The van der Waals surface area contributed by atoms with Crippen molar-refractivity contribution < 1.29 is 4.79 Å². The zero-order valence-corrected chi connectivity index (χ0v) is 13.4. The summed E-state index contributed by atoms with van der Waals surface area (Å²) in [7, 11) is 1.73. The monoisotopic (exact) mass is 326 g/mol. The van der Waals surface area contributed by atoms with Crippen LogP contribution in [0.2, 0.25) is 10.0 Å². The highest BCUT2D eigenvalue weighted by atomic mass is 35.5. The Morgan fingerprint density at radius 2 is 1.95 bits per heavy atom. The lowest BCUT2D eigenvalue weighted by Crippen LogP contribution is -2.23. The third-order valence-electron chi connectivity index (χ3n) is 3.07. The lowest BCUT2D eigenvalue weighted by atomic mass is 10.1. The molecule has 1 aromatic carbocycles. The van der Waals surface area contributed by atoms with Crippen LogP contribution in [0.4, 0.5) is 0 Å². The number of benzene rings is 1. The fraction of sp³-hybridized carbons (Fsp3) is 0.357. The van der Waals surface area contributed by atoms with Gasteiger partial charge in [0.15, 0.2) is 0 Å². The molecular formula is C14H16Cl2N4O. The highest BCUT2D eigenvalue weighted by molar-refractivity contribution is 6.34. The molecular weight excluding hydrogens is 311 g/mol. The zero-order valence-electron chi connectivity index (χ0n) is 11.9. The largest absolute Gasteiger partial charge is 0.340 e. The molecule has 0 bridgehead atoms. The van der Waals surface area contributed by atoms with Gasteiger partial charge in [-0.2, -0.15) is 0 Å². The molecule has 112 valence electrons. The Labute approximate surface area is 133 Å². The molecule has 5 nitrogen and oxygen atoms in total. The minimum Gasteiger partial charge on any atom is -0.340 e. The molecule has 0 aliphatic heterocycles. The summed E-state index contributed by atoms with van der Waals surface area (Å²) < 4.78 is 1.75. The molecule has 1 heterocycles. The van der Waals surface area contributed by atoms with E-state index in [1.54, 1.807) is 22.7 Å². The molecule has 0 spiro atoms. The number of hydrogen-bond acceptors (Lipinski definition) is 3. The number of hydrogen-bond donors (Lipinski definition) is 0. The SMILES string of the molecule is CC(=O)N(C)Cc1cn(CCc2cc(Cl)cc(Cl)c2)nn1. The summed E-state index contributed by atoms with van der Waals surface area (Å²) in [5.41, 5.74) is 1.81. The number of rotatable bonds is 5. The second kappa shape index (κ2) is 6.91. The van der Waals surface area contributed by atoms with Crippen LogP contribution in [0.25, 0.3) is 0 Å². The quantitative estimate of drug-likeness (QED) is 0.848. The van der Waals surface area contributed by atoms with Gasteiger partial charge in [-0.05, 0) is 30.2 Å². The molecule has 0 saturated carbocycles. The molecule has 0 aliphatic rings. The van der Waals surface area contributed by atoms with Crippen LogP contribution < -0.4 is 0 Å². The summed E-state index contributed by atoms with van der Waals surface area (Å²) in [5, 5.41) is 9.35. The molecule has 0 unspecified atom stereocenters. The summed E-state index contributed by atoms with van der Waals surface area (Å²) in [5.74, 6) is -0.00174. The molecule has 1 aromatic heterocycles. The summed E-state index contributed by atoms with van der Waals surface area (Å²) >= 11 is 11.9. The van der Waals surface area contributed by atoms with Crippen LogP contribution in [0.3, 0.4) is 0 Å². The van der Waals surface area contributed by atoms with Crippen molar-refractivity contribution in [3.8, 4) is 0 Å². The van der Waals surface area contributed by atoms with E-state index >= 15 is 0 Å². The highest BCUT2D eigenvalue weighted by Gasteiger charge is 2.07. The first-order chi connectivity index (χ1) is 9.94. The van der Waals surface area contributed by atoms with E-state index in [-0.39, 0.29) is 5.91 Å². The van der Waals surface area contributed by atoms with Gasteiger partial charge in [0.25, 0.3) is 0 Å². The van der Waals surface area contributed by atoms with Gasteiger partial charge in [0.2, 0.25) is 5.91 Å². The van der Waals surface area contributed by atoms with Crippen molar-refractivity contribution in [3.63, 3.8) is 0 Å². The molecule has 0 saturated heterocycles. The minimum absolute atomic E-state index is 0.00174. The van der Waals surface area contributed by atoms with Crippen LogP contribution in [-0.2, 0) is 24.3 Å². The Morgan fingerprint density at radius 3 is 2.57 bits per heavy atom. The lowest BCUT2D eigenvalue weighted by molar-refractivity contribution is -0.128. The number of nitrogens with zero attached hydrogens (tertiary/aromatic N) is 4. The Bertz CT molecular complexity index is 621. The molecule has 2 rings (SSSR count). The van der Waals surface area contributed by atoms with Gasteiger partial charge in [-0.25, -0.2) is 0 Å². The van der Waals surface area contributed by atoms with Crippen LogP contribution in [0.1, 0.15) is 18.2 Å². The van der Waals surface area contributed by atoms with Crippen molar-refractivity contribution in [2.45, 2.75) is 26.4 Å². The van der Waals surface area contributed by atoms with Gasteiger partial charge < -0.3 is 4.90 Å². The maximum atomic E-state index is 11.2. The molecule has 0 atom stereocenters. The van der Waals surface area contributed by atoms with Crippen molar-refractivity contribution in [3.05, 3.63) is 45.7 Å². The highest BCUT2D eigenvalue weighted by Crippen LogP contribution is 2.19. The van der Waals surface area contributed by atoms with Crippen molar-refractivity contribution in [2.24, 2.45) is 0 Å². The normalized spacial score (nSPS) is 10.7. The maximum absolute atomic E-state index is 11.2. The van der Waals surface area contributed by atoms with E-state index in [2.05, 4.69) is 10.3 Å². The topological polar surface area (TPSA) is 51.0 Å². The van der Waals surface area contributed by atoms with Crippen LogP contribution in [0, 0.1) is 0 Å². The summed E-state index contributed by atoms with van der Waals surface area (Å²) in [6.45, 7) is 2.65. The van der Waals surface area contributed by atoms with Gasteiger partial charge in [-0.1, -0.05) is 28.4 Å². The van der Waals surface area contributed by atoms with E-state index in [1.165, 1.54) is 6.92 Å². The second-order valence-electron chi connectivity index (χ2n) is 4.88. The summed E-state index contributed by atoms with van der Waals surface area (Å²) in [4.78, 5) is 12.8. The Kier molecular flexibility index (Phi) is 5.20. The number of carbonyl (C=O) groups is 1. The molecule has 0 radical (unpaired) electrons. The standard InChI is InChI=1S/C14H16Cl2N4O/c1-10(21)19(2)8-14-9-20(18-17-14)4-3-11-5-12(15)7-13(16)6-11/h5-7,9H,3-4,8H2,1-2H3. The minimum atomic E-state index is -0.00174. The average Bonchev–Trinajstić information content (AvgIpc) is 2.83. The Morgan fingerprint density at radius 1 is 1.29 bits per heavy atom. The molecule has 1 amide bonds. The van der Waals surface area contributed by atoms with E-state index in [1.807, 2.05) is 18.3 Å². The average molecular weight is 327 g/mol. The van der Waals surface area contributed by atoms with Gasteiger partial charge in [-0.15, -0.1) is 5.10 Å². The molecule has 0 N–H and O–H groups in total. The van der Waals surface area contributed by atoms with Gasteiger partial charge in [0, 0.05) is 30.6 Å². The van der Waals surface area contributed by atoms with Crippen molar-refractivity contribution in [2.75, 3.05) is 7.05 Å². The van der Waals surface area contributed by atoms with Gasteiger partial charge >= 0.3 is 0 Å². The molecule has 0 fully saturated rings. The number of amides is 1. The predicted octanol–water partition coefficient (Wildman–Crippen LogP) is 2.81.